The molecular formula is C21H22N4O2. The average molecular weight is 362 g/mol. The summed E-state index contributed by atoms with van der Waals surface area (Å²) >= 11 is 0. The Bertz CT molecular complexity index is 961. The topological polar surface area (TPSA) is 78.4 Å². The summed E-state index contributed by atoms with van der Waals surface area (Å²) in [6, 6.07) is 17.6. The predicted octanol–water partition coefficient (Wildman–Crippen LogP) is 2.37. The molecule has 1 fully saturated rings. The minimum atomic E-state index is -0.524. The highest BCUT2D eigenvalue weighted by Gasteiger charge is 2.28. The van der Waals surface area contributed by atoms with Crippen LogP contribution in [0.15, 0.2) is 54.6 Å². The van der Waals surface area contributed by atoms with Gasteiger partial charge in [0.05, 0.1) is 11.6 Å². The van der Waals surface area contributed by atoms with E-state index in [1.807, 2.05) is 59.5 Å². The van der Waals surface area contributed by atoms with Crippen molar-refractivity contribution < 1.29 is 9.90 Å². The monoisotopic (exact) mass is 362 g/mol. The molecule has 1 saturated heterocycles. The Kier molecular flexibility index (Phi) is 4.73. The minimum absolute atomic E-state index is 0.0911. The lowest BCUT2D eigenvalue weighted by molar-refractivity contribution is -0.119. The van der Waals surface area contributed by atoms with Crippen molar-refractivity contribution in [1.82, 2.24) is 15.3 Å². The van der Waals surface area contributed by atoms with E-state index in [4.69, 9.17) is 9.97 Å². The number of carbonyl (C=O) groups excluding carboxylic acids is 1. The molecule has 6 heteroatoms. The first-order chi connectivity index (χ1) is 13.1. The minimum Gasteiger partial charge on any atom is -0.391 e. The number of nitrogens with one attached hydrogen (secondary N) is 1. The summed E-state index contributed by atoms with van der Waals surface area (Å²) < 4.78 is 0. The van der Waals surface area contributed by atoms with Crippen molar-refractivity contribution in [1.29, 1.82) is 0 Å². The van der Waals surface area contributed by atoms with Gasteiger partial charge in [-0.05, 0) is 18.6 Å². The van der Waals surface area contributed by atoms with Crippen molar-refractivity contribution in [3.63, 3.8) is 0 Å². The summed E-state index contributed by atoms with van der Waals surface area (Å²) in [7, 11) is 0. The molecule has 0 bridgehead atoms. The van der Waals surface area contributed by atoms with Crippen LogP contribution in [-0.4, -0.2) is 46.2 Å². The number of fused-ring (bicyclic) bond motifs is 1. The van der Waals surface area contributed by atoms with Crippen molar-refractivity contribution in [3.05, 3.63) is 54.6 Å². The lowest BCUT2D eigenvalue weighted by Crippen LogP contribution is -2.52. The fourth-order valence-corrected chi connectivity index (χ4v) is 3.65. The first-order valence-electron chi connectivity index (χ1n) is 9.12. The fourth-order valence-electron chi connectivity index (χ4n) is 3.65. The largest absolute Gasteiger partial charge is 0.391 e. The molecule has 6 nitrogen and oxygen atoms in total. The molecule has 0 aliphatic carbocycles. The highest BCUT2D eigenvalue weighted by atomic mass is 16.3. The summed E-state index contributed by atoms with van der Waals surface area (Å²) in [5.74, 6) is 1.35. The van der Waals surface area contributed by atoms with E-state index in [-0.39, 0.29) is 11.9 Å². The summed E-state index contributed by atoms with van der Waals surface area (Å²) in [5, 5.41) is 14.2. The molecule has 27 heavy (non-hydrogen) atoms. The maximum atomic E-state index is 11.5. The van der Waals surface area contributed by atoms with E-state index in [2.05, 4.69) is 5.32 Å². The smallest absolute Gasteiger partial charge is 0.217 e. The van der Waals surface area contributed by atoms with E-state index in [1.54, 1.807) is 0 Å². The van der Waals surface area contributed by atoms with Crippen molar-refractivity contribution in [2.75, 3.05) is 18.0 Å². The number of aromatic nitrogens is 2. The van der Waals surface area contributed by atoms with Gasteiger partial charge in [0.2, 0.25) is 5.91 Å². The second-order valence-electron chi connectivity index (χ2n) is 6.95. The van der Waals surface area contributed by atoms with E-state index in [1.165, 1.54) is 6.92 Å². The molecule has 1 aliphatic rings. The molecule has 1 aromatic heterocycles. The van der Waals surface area contributed by atoms with Gasteiger partial charge in [-0.1, -0.05) is 42.5 Å². The van der Waals surface area contributed by atoms with Crippen LogP contribution >= 0.6 is 0 Å². The van der Waals surface area contributed by atoms with Gasteiger partial charge in [0.15, 0.2) is 5.82 Å². The van der Waals surface area contributed by atoms with Gasteiger partial charge in [-0.25, -0.2) is 9.97 Å². The normalized spacial score (nSPS) is 19.9. The zero-order chi connectivity index (χ0) is 18.8. The number of benzene rings is 2. The fraction of sp³-hybridized carbons (Fsp3) is 0.286. The Morgan fingerprint density at radius 1 is 1.07 bits per heavy atom. The van der Waals surface area contributed by atoms with Crippen LogP contribution in [0.25, 0.3) is 22.3 Å². The second kappa shape index (κ2) is 7.32. The molecule has 1 amide bonds. The SMILES string of the molecule is CC(=O)N[C@H]1C[C@@H](O)CN(c2nc(-c3ccccc3)nc3ccccc23)C1. The summed E-state index contributed by atoms with van der Waals surface area (Å²) in [6.07, 6.45) is 0.0227. The molecule has 2 N–H and O–H groups in total. The first-order valence-corrected chi connectivity index (χ1v) is 9.12. The van der Waals surface area contributed by atoms with Gasteiger partial charge in [0.1, 0.15) is 5.82 Å². The number of rotatable bonds is 3. The number of aliphatic hydroxyl groups is 1. The number of amides is 1. The van der Waals surface area contributed by atoms with Crippen LogP contribution < -0.4 is 10.2 Å². The number of β-amino-alcohol motifs (C(OH)–C–C–N with tert-alkyl or cyclic N) is 1. The summed E-state index contributed by atoms with van der Waals surface area (Å²) in [5.41, 5.74) is 1.80. The predicted molar refractivity (Wildman–Crippen MR) is 105 cm³/mol. The number of carbonyl (C=O) groups is 1. The van der Waals surface area contributed by atoms with E-state index >= 15 is 0 Å². The van der Waals surface area contributed by atoms with Gasteiger partial charge in [-0.2, -0.15) is 0 Å². The maximum absolute atomic E-state index is 11.5. The molecule has 1 aliphatic heterocycles. The molecule has 0 saturated carbocycles. The van der Waals surface area contributed by atoms with Gasteiger partial charge in [0, 0.05) is 37.0 Å². The quantitative estimate of drug-likeness (QED) is 0.748. The van der Waals surface area contributed by atoms with Crippen LogP contribution in [0.3, 0.4) is 0 Å². The molecule has 4 rings (SSSR count). The highest BCUT2D eigenvalue weighted by molar-refractivity contribution is 5.91. The second-order valence-corrected chi connectivity index (χ2v) is 6.95. The number of hydrogen-bond donors (Lipinski definition) is 2. The number of nitrogens with zero attached hydrogens (tertiary/aromatic N) is 3. The van der Waals surface area contributed by atoms with Crippen LogP contribution in [0.1, 0.15) is 13.3 Å². The van der Waals surface area contributed by atoms with Gasteiger partial charge < -0.3 is 15.3 Å². The van der Waals surface area contributed by atoms with Crippen molar-refractivity contribution in [2.24, 2.45) is 0 Å². The van der Waals surface area contributed by atoms with Gasteiger partial charge in [0.25, 0.3) is 0 Å². The molecule has 0 radical (unpaired) electrons. The van der Waals surface area contributed by atoms with Crippen LogP contribution in [-0.2, 0) is 4.79 Å². The van der Waals surface area contributed by atoms with Crippen LogP contribution in [0.4, 0.5) is 5.82 Å². The number of anilines is 1. The maximum Gasteiger partial charge on any atom is 0.217 e. The number of para-hydroxylation sites is 1. The third kappa shape index (κ3) is 3.75. The Balaban J connectivity index is 1.79. The van der Waals surface area contributed by atoms with Crippen LogP contribution in [0, 0.1) is 0 Å². The van der Waals surface area contributed by atoms with Crippen LogP contribution in [0.5, 0.6) is 0 Å². The van der Waals surface area contributed by atoms with Crippen molar-refractivity contribution in [2.45, 2.75) is 25.5 Å². The Labute approximate surface area is 157 Å². The Hall–Kier alpha value is -2.99. The zero-order valence-corrected chi connectivity index (χ0v) is 15.2. The molecule has 0 spiro atoms. The molecule has 0 unspecified atom stereocenters. The number of hydrogen-bond acceptors (Lipinski definition) is 5. The molecule has 2 heterocycles. The van der Waals surface area contributed by atoms with Crippen molar-refractivity contribution >= 4 is 22.6 Å². The van der Waals surface area contributed by atoms with Gasteiger partial charge in [-0.15, -0.1) is 0 Å². The summed E-state index contributed by atoms with van der Waals surface area (Å²) in [4.78, 5) is 23.1. The Morgan fingerprint density at radius 3 is 2.59 bits per heavy atom. The zero-order valence-electron chi connectivity index (χ0n) is 15.2. The molecule has 138 valence electrons. The average Bonchev–Trinajstić information content (AvgIpc) is 2.67. The Morgan fingerprint density at radius 2 is 1.81 bits per heavy atom. The van der Waals surface area contributed by atoms with E-state index in [0.29, 0.717) is 25.3 Å². The van der Waals surface area contributed by atoms with E-state index < -0.39 is 6.10 Å². The lowest BCUT2D eigenvalue weighted by Gasteiger charge is -2.37. The van der Waals surface area contributed by atoms with Gasteiger partial charge in [-0.3, -0.25) is 4.79 Å². The first kappa shape index (κ1) is 17.4. The van der Waals surface area contributed by atoms with Crippen molar-refractivity contribution in [3.8, 4) is 11.4 Å². The molecule has 2 aromatic carbocycles. The highest BCUT2D eigenvalue weighted by Crippen LogP contribution is 2.29. The molecule has 2 atom stereocenters. The van der Waals surface area contributed by atoms with E-state index in [9.17, 15) is 9.90 Å². The molecule has 3 aromatic rings. The number of piperidine rings is 1. The summed E-state index contributed by atoms with van der Waals surface area (Å²) in [6.45, 7) is 2.58. The standard InChI is InChI=1S/C21H22N4O2/c1-14(26)22-16-11-17(27)13-25(12-16)21-18-9-5-6-10-19(18)23-20(24-21)15-7-3-2-4-8-15/h2-10,16-17,27H,11-13H2,1H3,(H,22,26)/t16-,17+/m0/s1. The van der Waals surface area contributed by atoms with Crippen LogP contribution in [0.2, 0.25) is 0 Å². The third-order valence-corrected chi connectivity index (χ3v) is 4.75. The van der Waals surface area contributed by atoms with Gasteiger partial charge >= 0.3 is 0 Å². The lowest BCUT2D eigenvalue weighted by atomic mass is 10.0. The molecular weight excluding hydrogens is 340 g/mol. The number of aliphatic hydroxyl groups excluding tert-OH is 1. The van der Waals surface area contributed by atoms with E-state index in [0.717, 1.165) is 22.3 Å². The third-order valence-electron chi connectivity index (χ3n) is 4.75.